The van der Waals surface area contributed by atoms with Crippen molar-refractivity contribution < 1.29 is 24.1 Å². The Kier molecular flexibility index (Phi) is 10.8. The third-order valence-electron chi connectivity index (χ3n) is 5.29. The summed E-state index contributed by atoms with van der Waals surface area (Å²) in [6.07, 6.45) is 1.90. The maximum atomic E-state index is 11.3. The van der Waals surface area contributed by atoms with Gasteiger partial charge in [0.2, 0.25) is 5.91 Å². The SMILES string of the molecule is CCCNC[C@@H](O)COc1ccc(OCCCOc2ccc(C3=NNC(=O)CC3)cc2Cl)cc1C#N. The molecule has 192 valence electrons. The molecule has 9 nitrogen and oxygen atoms in total. The summed E-state index contributed by atoms with van der Waals surface area (Å²) in [5.41, 5.74) is 4.45. The number of amides is 1. The van der Waals surface area contributed by atoms with Crippen LogP contribution in [0.5, 0.6) is 17.2 Å². The second kappa shape index (κ2) is 14.3. The number of hydrogen-bond donors (Lipinski definition) is 3. The summed E-state index contributed by atoms with van der Waals surface area (Å²) in [5.74, 6) is 1.42. The molecule has 10 heteroatoms. The number of nitrogens with one attached hydrogen (secondary N) is 2. The van der Waals surface area contributed by atoms with E-state index in [4.69, 9.17) is 25.8 Å². The number of hydrogen-bond acceptors (Lipinski definition) is 8. The fraction of sp³-hybridized carbons (Fsp3) is 0.423. The number of aliphatic hydroxyl groups is 1. The Morgan fingerprint density at radius 3 is 2.69 bits per heavy atom. The summed E-state index contributed by atoms with van der Waals surface area (Å²) in [4.78, 5) is 11.3. The second-order valence-corrected chi connectivity index (χ2v) is 8.64. The van der Waals surface area contributed by atoms with E-state index < -0.39 is 6.10 Å². The molecule has 0 spiro atoms. The lowest BCUT2D eigenvalue weighted by Gasteiger charge is -2.15. The van der Waals surface area contributed by atoms with E-state index in [1.54, 1.807) is 30.3 Å². The van der Waals surface area contributed by atoms with Crippen LogP contribution in [0, 0.1) is 11.3 Å². The molecule has 0 aromatic heterocycles. The van der Waals surface area contributed by atoms with E-state index in [-0.39, 0.29) is 12.5 Å². The molecule has 3 N–H and O–H groups in total. The van der Waals surface area contributed by atoms with Gasteiger partial charge < -0.3 is 24.6 Å². The van der Waals surface area contributed by atoms with Crippen LogP contribution in [0.15, 0.2) is 41.5 Å². The van der Waals surface area contributed by atoms with E-state index >= 15 is 0 Å². The van der Waals surface area contributed by atoms with E-state index in [0.717, 1.165) is 24.2 Å². The van der Waals surface area contributed by atoms with Gasteiger partial charge in [-0.2, -0.15) is 10.4 Å². The van der Waals surface area contributed by atoms with Crippen LogP contribution in [0.2, 0.25) is 5.02 Å². The Morgan fingerprint density at radius 1 is 1.17 bits per heavy atom. The Balaban J connectivity index is 1.41. The van der Waals surface area contributed by atoms with Gasteiger partial charge in [-0.1, -0.05) is 18.5 Å². The van der Waals surface area contributed by atoms with Gasteiger partial charge in [-0.25, -0.2) is 5.43 Å². The van der Waals surface area contributed by atoms with Crippen molar-refractivity contribution in [1.82, 2.24) is 10.7 Å². The Hall–Kier alpha value is -3.32. The maximum absolute atomic E-state index is 11.3. The number of benzene rings is 2. The number of hydrazone groups is 1. The van der Waals surface area contributed by atoms with Crippen molar-refractivity contribution in [3.05, 3.63) is 52.5 Å². The van der Waals surface area contributed by atoms with Crippen molar-refractivity contribution in [3.8, 4) is 23.3 Å². The molecular weight excluding hydrogens is 484 g/mol. The normalized spacial score (nSPS) is 13.8. The molecule has 0 aliphatic carbocycles. The van der Waals surface area contributed by atoms with Gasteiger partial charge in [0.1, 0.15) is 36.0 Å². The van der Waals surface area contributed by atoms with Gasteiger partial charge in [0.05, 0.1) is 29.5 Å². The van der Waals surface area contributed by atoms with Gasteiger partial charge in [0.25, 0.3) is 0 Å². The minimum atomic E-state index is -0.660. The molecule has 1 atom stereocenters. The fourth-order valence-corrected chi connectivity index (χ4v) is 3.65. The predicted octanol–water partition coefficient (Wildman–Crippen LogP) is 3.41. The molecule has 0 fully saturated rings. The average Bonchev–Trinajstić information content (AvgIpc) is 2.89. The largest absolute Gasteiger partial charge is 0.493 e. The lowest BCUT2D eigenvalue weighted by atomic mass is 10.0. The van der Waals surface area contributed by atoms with Crippen molar-refractivity contribution >= 4 is 23.2 Å². The zero-order valence-electron chi connectivity index (χ0n) is 20.3. The van der Waals surface area contributed by atoms with Crippen molar-refractivity contribution in [2.24, 2.45) is 5.10 Å². The number of carbonyl (C=O) groups is 1. The highest BCUT2D eigenvalue weighted by Crippen LogP contribution is 2.27. The Morgan fingerprint density at radius 2 is 1.97 bits per heavy atom. The van der Waals surface area contributed by atoms with E-state index in [9.17, 15) is 15.2 Å². The van der Waals surface area contributed by atoms with Crippen molar-refractivity contribution in [3.63, 3.8) is 0 Å². The van der Waals surface area contributed by atoms with E-state index in [2.05, 4.69) is 28.8 Å². The lowest BCUT2D eigenvalue weighted by Crippen LogP contribution is -2.31. The smallest absolute Gasteiger partial charge is 0.240 e. The van der Waals surface area contributed by atoms with Gasteiger partial charge in [0.15, 0.2) is 0 Å². The summed E-state index contributed by atoms with van der Waals surface area (Å²) >= 11 is 6.35. The maximum Gasteiger partial charge on any atom is 0.240 e. The molecular formula is C26H31ClN4O5. The number of halogens is 1. The first-order valence-electron chi connectivity index (χ1n) is 12.0. The first-order valence-corrected chi connectivity index (χ1v) is 12.3. The second-order valence-electron chi connectivity index (χ2n) is 8.23. The summed E-state index contributed by atoms with van der Waals surface area (Å²) in [6, 6.07) is 12.5. The molecule has 2 aromatic carbocycles. The molecule has 1 heterocycles. The summed E-state index contributed by atoms with van der Waals surface area (Å²) < 4.78 is 17.1. The third-order valence-corrected chi connectivity index (χ3v) is 5.59. The van der Waals surface area contributed by atoms with Crippen LogP contribution in [0.3, 0.4) is 0 Å². The monoisotopic (exact) mass is 514 g/mol. The minimum Gasteiger partial charge on any atom is -0.493 e. The van der Waals surface area contributed by atoms with Gasteiger partial charge in [-0.05, 0) is 48.9 Å². The van der Waals surface area contributed by atoms with Crippen LogP contribution < -0.4 is 25.0 Å². The van der Waals surface area contributed by atoms with Crippen LogP contribution in [-0.2, 0) is 4.79 Å². The summed E-state index contributed by atoms with van der Waals surface area (Å²) in [6.45, 7) is 4.19. The van der Waals surface area contributed by atoms with Gasteiger partial charge in [0, 0.05) is 31.9 Å². The zero-order valence-corrected chi connectivity index (χ0v) is 21.0. The summed E-state index contributed by atoms with van der Waals surface area (Å²) in [5, 5.41) is 27.1. The zero-order chi connectivity index (χ0) is 25.8. The molecule has 0 radical (unpaired) electrons. The third kappa shape index (κ3) is 8.41. The highest BCUT2D eigenvalue weighted by molar-refractivity contribution is 6.32. The minimum absolute atomic E-state index is 0.0917. The fourth-order valence-electron chi connectivity index (χ4n) is 3.41. The van der Waals surface area contributed by atoms with Crippen molar-refractivity contribution in [2.45, 2.75) is 38.7 Å². The molecule has 0 bridgehead atoms. The number of nitrogens with zero attached hydrogens (tertiary/aromatic N) is 2. The van der Waals surface area contributed by atoms with Crippen molar-refractivity contribution in [2.75, 3.05) is 32.9 Å². The number of ether oxygens (including phenoxy) is 3. The molecule has 36 heavy (non-hydrogen) atoms. The predicted molar refractivity (Wildman–Crippen MR) is 137 cm³/mol. The van der Waals surface area contributed by atoms with Crippen LogP contribution in [0.1, 0.15) is 43.7 Å². The van der Waals surface area contributed by atoms with Gasteiger partial charge >= 0.3 is 0 Å². The number of rotatable bonds is 14. The topological polar surface area (TPSA) is 125 Å². The van der Waals surface area contributed by atoms with Crippen LogP contribution in [0.4, 0.5) is 0 Å². The molecule has 1 aliphatic heterocycles. The van der Waals surface area contributed by atoms with Crippen LogP contribution >= 0.6 is 11.6 Å². The molecule has 0 saturated carbocycles. The highest BCUT2D eigenvalue weighted by Gasteiger charge is 2.15. The van der Waals surface area contributed by atoms with Crippen LogP contribution in [-0.4, -0.2) is 55.7 Å². The molecule has 0 unspecified atom stereocenters. The highest BCUT2D eigenvalue weighted by atomic mass is 35.5. The first-order chi connectivity index (χ1) is 17.5. The van der Waals surface area contributed by atoms with E-state index in [0.29, 0.717) is 66.9 Å². The van der Waals surface area contributed by atoms with E-state index in [1.165, 1.54) is 0 Å². The Labute approximate surface area is 216 Å². The Bertz CT molecular complexity index is 1100. The summed E-state index contributed by atoms with van der Waals surface area (Å²) in [7, 11) is 0. The number of nitriles is 1. The molecule has 1 amide bonds. The average molecular weight is 515 g/mol. The molecule has 1 aliphatic rings. The number of aliphatic hydroxyl groups excluding tert-OH is 1. The van der Waals surface area contributed by atoms with E-state index in [1.807, 2.05) is 6.07 Å². The van der Waals surface area contributed by atoms with Crippen LogP contribution in [0.25, 0.3) is 0 Å². The van der Waals surface area contributed by atoms with Gasteiger partial charge in [-0.15, -0.1) is 0 Å². The molecule has 2 aromatic rings. The molecule has 0 saturated heterocycles. The van der Waals surface area contributed by atoms with Crippen molar-refractivity contribution in [1.29, 1.82) is 5.26 Å². The number of carbonyl (C=O) groups excluding carboxylic acids is 1. The lowest BCUT2D eigenvalue weighted by molar-refractivity contribution is -0.121. The standard InChI is InChI=1S/C26H31ClN4O5/c1-2-10-29-16-20(32)17-36-24-8-5-21(13-19(24)15-28)34-11-3-12-35-25-7-4-18(14-22(25)27)23-6-9-26(33)31-30-23/h4-5,7-8,13-14,20,29,32H,2-3,6,9-12,16-17H2,1H3,(H,31,33)/t20-/m1/s1. The van der Waals surface area contributed by atoms with Gasteiger partial charge in [-0.3, -0.25) is 4.79 Å². The first kappa shape index (κ1) is 27.3. The quantitative estimate of drug-likeness (QED) is 0.330. The molecule has 3 rings (SSSR count).